The highest BCUT2D eigenvalue weighted by Crippen LogP contribution is 2.16. The molecule has 0 spiro atoms. The van der Waals surface area contributed by atoms with Crippen LogP contribution < -0.4 is 10.9 Å². The molecule has 0 aliphatic rings. The Balaban J connectivity index is 2.88. The highest BCUT2D eigenvalue weighted by Gasteiger charge is 2.12. The monoisotopic (exact) mass is 301 g/mol. The SMILES string of the molecule is C#CCn1ncc(Cl)c(NC(C)CCS(C)=O)c1=O. The molecule has 0 aliphatic heterocycles. The van der Waals surface area contributed by atoms with Gasteiger partial charge in [0.15, 0.2) is 0 Å². The van der Waals surface area contributed by atoms with Crippen LogP contribution in [0.3, 0.4) is 0 Å². The Morgan fingerprint density at radius 1 is 1.68 bits per heavy atom. The normalized spacial score (nSPS) is 13.6. The molecule has 0 amide bonds. The Morgan fingerprint density at radius 2 is 2.37 bits per heavy atom. The van der Waals surface area contributed by atoms with Gasteiger partial charge in [0.1, 0.15) is 12.2 Å². The summed E-state index contributed by atoms with van der Waals surface area (Å²) in [4.78, 5) is 12.1. The first-order chi connectivity index (χ1) is 8.95. The van der Waals surface area contributed by atoms with Crippen LogP contribution in [0.2, 0.25) is 5.02 Å². The summed E-state index contributed by atoms with van der Waals surface area (Å²) < 4.78 is 12.2. The summed E-state index contributed by atoms with van der Waals surface area (Å²) in [6, 6.07) is -0.0178. The van der Waals surface area contributed by atoms with Gasteiger partial charge in [0, 0.05) is 28.9 Å². The molecule has 1 rings (SSSR count). The highest BCUT2D eigenvalue weighted by molar-refractivity contribution is 7.84. The quantitative estimate of drug-likeness (QED) is 0.799. The Kier molecular flexibility index (Phi) is 6.06. The van der Waals surface area contributed by atoms with Gasteiger partial charge in [-0.2, -0.15) is 5.10 Å². The minimum Gasteiger partial charge on any atom is -0.377 e. The minimum atomic E-state index is -0.857. The molecule has 104 valence electrons. The molecule has 2 atom stereocenters. The van der Waals surface area contributed by atoms with E-state index in [-0.39, 0.29) is 28.9 Å². The standard InChI is InChI=1S/C12H16ClN3O2S/c1-4-6-16-12(17)11(10(13)8-14-16)15-9(2)5-7-19(3)18/h1,8-9,15H,5-7H2,2-3H3. The first-order valence-electron chi connectivity index (χ1n) is 5.71. The predicted octanol–water partition coefficient (Wildman–Crippen LogP) is 1.10. The van der Waals surface area contributed by atoms with Crippen molar-refractivity contribution in [2.24, 2.45) is 0 Å². The molecule has 0 fully saturated rings. The van der Waals surface area contributed by atoms with Gasteiger partial charge in [-0.1, -0.05) is 17.5 Å². The molecule has 19 heavy (non-hydrogen) atoms. The Labute approximate surface area is 119 Å². The van der Waals surface area contributed by atoms with Crippen LogP contribution in [0.15, 0.2) is 11.0 Å². The number of aromatic nitrogens is 2. The maximum absolute atomic E-state index is 12.1. The average molecular weight is 302 g/mol. The zero-order valence-electron chi connectivity index (χ0n) is 10.9. The summed E-state index contributed by atoms with van der Waals surface area (Å²) in [5.74, 6) is 2.92. The molecule has 1 aromatic rings. The van der Waals surface area contributed by atoms with Crippen LogP contribution in [-0.4, -0.2) is 32.0 Å². The minimum absolute atomic E-state index is 0.0178. The molecule has 1 heterocycles. The fourth-order valence-corrected chi connectivity index (χ4v) is 2.32. The molecule has 2 unspecified atom stereocenters. The molecule has 0 aromatic carbocycles. The smallest absolute Gasteiger partial charge is 0.292 e. The van der Waals surface area contributed by atoms with Crippen LogP contribution in [-0.2, 0) is 17.3 Å². The third kappa shape index (κ3) is 4.69. The van der Waals surface area contributed by atoms with E-state index in [0.717, 1.165) is 0 Å². The fraction of sp³-hybridized carbons (Fsp3) is 0.500. The molecule has 1 N–H and O–H groups in total. The second-order valence-corrected chi connectivity index (χ2v) is 6.11. The van der Waals surface area contributed by atoms with Crippen molar-refractivity contribution in [1.29, 1.82) is 0 Å². The van der Waals surface area contributed by atoms with Gasteiger partial charge in [-0.25, -0.2) is 4.68 Å². The number of anilines is 1. The van der Waals surface area contributed by atoms with Gasteiger partial charge < -0.3 is 5.32 Å². The molecule has 1 aromatic heterocycles. The lowest BCUT2D eigenvalue weighted by atomic mass is 10.2. The molecule has 7 heteroatoms. The molecular weight excluding hydrogens is 286 g/mol. The van der Waals surface area contributed by atoms with E-state index in [1.165, 1.54) is 10.9 Å². The number of nitrogens with one attached hydrogen (secondary N) is 1. The van der Waals surface area contributed by atoms with E-state index in [1.807, 2.05) is 6.92 Å². The van der Waals surface area contributed by atoms with Crippen LogP contribution >= 0.6 is 11.6 Å². The first kappa shape index (κ1) is 15.7. The van der Waals surface area contributed by atoms with Gasteiger partial charge in [-0.05, 0) is 13.3 Å². The lowest BCUT2D eigenvalue weighted by Crippen LogP contribution is -2.29. The number of hydrogen-bond donors (Lipinski definition) is 1. The number of hydrogen-bond acceptors (Lipinski definition) is 4. The Morgan fingerprint density at radius 3 is 2.95 bits per heavy atom. The second kappa shape index (κ2) is 7.31. The maximum atomic E-state index is 12.1. The predicted molar refractivity (Wildman–Crippen MR) is 79.0 cm³/mol. The number of halogens is 1. The lowest BCUT2D eigenvalue weighted by molar-refractivity contribution is 0.658. The summed E-state index contributed by atoms with van der Waals surface area (Å²) in [5.41, 5.74) is -0.0729. The fourth-order valence-electron chi connectivity index (χ4n) is 1.46. The van der Waals surface area contributed by atoms with Gasteiger partial charge in [0.25, 0.3) is 5.56 Å². The van der Waals surface area contributed by atoms with Crippen LogP contribution in [0.5, 0.6) is 0 Å². The van der Waals surface area contributed by atoms with Gasteiger partial charge in [0.2, 0.25) is 0 Å². The average Bonchev–Trinajstić information content (AvgIpc) is 2.35. The molecule has 0 saturated carbocycles. The summed E-state index contributed by atoms with van der Waals surface area (Å²) in [5, 5.41) is 7.13. The molecule has 0 bridgehead atoms. The molecule has 0 saturated heterocycles. The van der Waals surface area contributed by atoms with Gasteiger partial charge in [-0.3, -0.25) is 9.00 Å². The Bertz CT molecular complexity index is 565. The van der Waals surface area contributed by atoms with E-state index in [9.17, 15) is 9.00 Å². The number of rotatable bonds is 6. The van der Waals surface area contributed by atoms with E-state index in [4.69, 9.17) is 18.0 Å². The summed E-state index contributed by atoms with van der Waals surface area (Å²) in [6.45, 7) is 1.99. The van der Waals surface area contributed by atoms with Gasteiger partial charge >= 0.3 is 0 Å². The summed E-state index contributed by atoms with van der Waals surface area (Å²) in [7, 11) is -0.857. The Hall–Kier alpha value is -1.32. The molecule has 0 aliphatic carbocycles. The van der Waals surface area contributed by atoms with Crippen molar-refractivity contribution in [3.8, 4) is 12.3 Å². The van der Waals surface area contributed by atoms with Crippen molar-refractivity contribution in [2.45, 2.75) is 25.9 Å². The van der Waals surface area contributed by atoms with E-state index >= 15 is 0 Å². The topological polar surface area (TPSA) is 64.0 Å². The van der Waals surface area contributed by atoms with Crippen molar-refractivity contribution in [3.05, 3.63) is 21.6 Å². The number of nitrogens with zero attached hydrogens (tertiary/aromatic N) is 2. The summed E-state index contributed by atoms with van der Waals surface area (Å²) >= 11 is 5.96. The molecule has 5 nitrogen and oxygen atoms in total. The van der Waals surface area contributed by atoms with Crippen molar-refractivity contribution >= 4 is 28.1 Å². The van der Waals surface area contributed by atoms with E-state index in [0.29, 0.717) is 12.2 Å². The molecular formula is C12H16ClN3O2S. The third-order valence-corrected chi connectivity index (χ3v) is 3.56. The van der Waals surface area contributed by atoms with Crippen LogP contribution in [0.1, 0.15) is 13.3 Å². The van der Waals surface area contributed by atoms with E-state index in [1.54, 1.807) is 6.26 Å². The van der Waals surface area contributed by atoms with Crippen LogP contribution in [0.25, 0.3) is 0 Å². The van der Waals surface area contributed by atoms with E-state index in [2.05, 4.69) is 16.3 Å². The third-order valence-electron chi connectivity index (χ3n) is 2.47. The zero-order chi connectivity index (χ0) is 14.4. The molecule has 0 radical (unpaired) electrons. The van der Waals surface area contributed by atoms with Crippen molar-refractivity contribution in [3.63, 3.8) is 0 Å². The first-order valence-corrected chi connectivity index (χ1v) is 7.82. The second-order valence-electron chi connectivity index (χ2n) is 4.15. The zero-order valence-corrected chi connectivity index (χ0v) is 12.4. The van der Waals surface area contributed by atoms with Crippen molar-refractivity contribution in [1.82, 2.24) is 9.78 Å². The van der Waals surface area contributed by atoms with E-state index < -0.39 is 10.8 Å². The van der Waals surface area contributed by atoms with Crippen LogP contribution in [0, 0.1) is 12.3 Å². The lowest BCUT2D eigenvalue weighted by Gasteiger charge is -2.15. The van der Waals surface area contributed by atoms with Crippen molar-refractivity contribution in [2.75, 3.05) is 17.3 Å². The largest absolute Gasteiger partial charge is 0.377 e. The summed E-state index contributed by atoms with van der Waals surface area (Å²) in [6.07, 6.45) is 8.87. The van der Waals surface area contributed by atoms with Gasteiger partial charge in [0.05, 0.1) is 11.2 Å². The van der Waals surface area contributed by atoms with Crippen LogP contribution in [0.4, 0.5) is 5.69 Å². The maximum Gasteiger partial charge on any atom is 0.292 e. The highest BCUT2D eigenvalue weighted by atomic mass is 35.5. The van der Waals surface area contributed by atoms with Crippen molar-refractivity contribution < 1.29 is 4.21 Å². The number of terminal acetylenes is 1. The van der Waals surface area contributed by atoms with Gasteiger partial charge in [-0.15, -0.1) is 6.42 Å².